The monoisotopic (exact) mass is 255 g/mol. The number of nitrogens with zero attached hydrogens (tertiary/aromatic N) is 1. The zero-order chi connectivity index (χ0) is 12.9. The Bertz CT molecular complexity index is 600. The second-order valence-electron chi connectivity index (χ2n) is 4.65. The van der Waals surface area contributed by atoms with Gasteiger partial charge >= 0.3 is 6.18 Å². The first kappa shape index (κ1) is 11.6. The summed E-state index contributed by atoms with van der Waals surface area (Å²) < 4.78 is 39.8. The van der Waals surface area contributed by atoms with E-state index in [1.807, 2.05) is 0 Å². The second kappa shape index (κ2) is 3.75. The minimum absolute atomic E-state index is 0.554. The van der Waals surface area contributed by atoms with Gasteiger partial charge in [-0.05, 0) is 36.4 Å². The molecule has 2 nitrogen and oxygen atoms in total. The molecule has 1 N–H and O–H groups in total. The Kier molecular flexibility index (Phi) is 2.41. The highest BCUT2D eigenvalue weighted by Crippen LogP contribution is 2.35. The van der Waals surface area contributed by atoms with Crippen LogP contribution in [0.15, 0.2) is 24.3 Å². The van der Waals surface area contributed by atoms with Gasteiger partial charge in [0, 0.05) is 17.8 Å². The molecular weight excluding hydrogens is 243 g/mol. The van der Waals surface area contributed by atoms with E-state index in [1.165, 1.54) is 6.07 Å². The first-order valence-corrected chi connectivity index (χ1v) is 5.85. The first-order chi connectivity index (χ1) is 8.47. The van der Waals surface area contributed by atoms with E-state index in [2.05, 4.69) is 0 Å². The molecule has 0 fully saturated rings. The number of hydrogen-bond donors (Lipinski definition) is 1. The Morgan fingerprint density at radius 1 is 1.22 bits per heavy atom. The van der Waals surface area contributed by atoms with Gasteiger partial charge in [0.2, 0.25) is 0 Å². The molecule has 1 atom stereocenters. The number of aliphatic hydroxyl groups is 1. The average molecular weight is 255 g/mol. The molecule has 0 amide bonds. The smallest absolute Gasteiger partial charge is 0.387 e. The molecule has 0 saturated carbocycles. The Hall–Kier alpha value is -1.49. The molecule has 0 aliphatic carbocycles. The van der Waals surface area contributed by atoms with Crippen LogP contribution >= 0.6 is 0 Å². The van der Waals surface area contributed by atoms with Gasteiger partial charge in [0.1, 0.15) is 0 Å². The van der Waals surface area contributed by atoms with E-state index in [1.54, 1.807) is 10.6 Å². The highest BCUT2D eigenvalue weighted by molar-refractivity contribution is 5.82. The molecule has 0 bridgehead atoms. The Balaban J connectivity index is 2.22. The van der Waals surface area contributed by atoms with Gasteiger partial charge in [-0.25, -0.2) is 0 Å². The van der Waals surface area contributed by atoms with Gasteiger partial charge in [0.05, 0.1) is 11.7 Å². The predicted molar refractivity (Wildman–Crippen MR) is 61.1 cm³/mol. The zero-order valence-electron chi connectivity index (χ0n) is 9.54. The van der Waals surface area contributed by atoms with Crippen molar-refractivity contribution in [2.75, 3.05) is 0 Å². The third-order valence-electron chi connectivity index (χ3n) is 3.46. The lowest BCUT2D eigenvalue weighted by Crippen LogP contribution is -2.14. The summed E-state index contributed by atoms with van der Waals surface area (Å²) in [6.45, 7) is 0.664. The average Bonchev–Trinajstić information content (AvgIpc) is 2.67. The number of aryl methyl sites for hydroxylation is 1. The lowest BCUT2D eigenvalue weighted by atomic mass is 10.1. The van der Waals surface area contributed by atoms with Crippen LogP contribution in [0.5, 0.6) is 0 Å². The van der Waals surface area contributed by atoms with Gasteiger partial charge in [-0.15, -0.1) is 0 Å². The van der Waals surface area contributed by atoms with Crippen LogP contribution in [0.4, 0.5) is 13.2 Å². The van der Waals surface area contributed by atoms with Crippen molar-refractivity contribution in [3.8, 4) is 0 Å². The van der Waals surface area contributed by atoms with Crippen LogP contribution in [-0.2, 0) is 12.7 Å². The van der Waals surface area contributed by atoms with Crippen molar-refractivity contribution in [2.45, 2.75) is 31.7 Å². The van der Waals surface area contributed by atoms with E-state index in [0.29, 0.717) is 18.5 Å². The van der Waals surface area contributed by atoms with Gasteiger partial charge < -0.3 is 9.67 Å². The van der Waals surface area contributed by atoms with Gasteiger partial charge in [0.15, 0.2) is 0 Å². The summed E-state index contributed by atoms with van der Waals surface area (Å²) in [7, 11) is 0. The number of aliphatic hydroxyl groups excluding tert-OH is 1. The quantitative estimate of drug-likeness (QED) is 0.766. The number of hydrogen-bond acceptors (Lipinski definition) is 1. The summed E-state index contributed by atoms with van der Waals surface area (Å²) in [4.78, 5) is 0. The third kappa shape index (κ3) is 1.70. The molecule has 1 aromatic heterocycles. The molecule has 1 aliphatic rings. The SMILES string of the molecule is OC1CCCn2c1cc1ccc(C(F)(F)F)cc12. The van der Waals surface area contributed by atoms with Crippen LogP contribution in [0.3, 0.4) is 0 Å². The number of benzene rings is 1. The molecular formula is C13H12F3NO. The molecule has 0 spiro atoms. The lowest BCUT2D eigenvalue weighted by Gasteiger charge is -2.21. The van der Waals surface area contributed by atoms with Crippen LogP contribution in [0.1, 0.15) is 30.2 Å². The standard InChI is InChI=1S/C13H12F3NO/c14-13(15,16)9-4-3-8-6-11-12(18)2-1-5-17(11)10(8)7-9/h3-4,6-7,12,18H,1-2,5H2. The summed E-state index contributed by atoms with van der Waals surface area (Å²) in [6.07, 6.45) is -3.44. The number of fused-ring (bicyclic) bond motifs is 3. The minimum atomic E-state index is -4.33. The van der Waals surface area contributed by atoms with Crippen molar-refractivity contribution in [1.29, 1.82) is 0 Å². The van der Waals surface area contributed by atoms with E-state index in [4.69, 9.17) is 0 Å². The number of aromatic nitrogens is 1. The molecule has 96 valence electrons. The fraction of sp³-hybridized carbons (Fsp3) is 0.385. The third-order valence-corrected chi connectivity index (χ3v) is 3.46. The largest absolute Gasteiger partial charge is 0.416 e. The minimum Gasteiger partial charge on any atom is -0.387 e. The van der Waals surface area contributed by atoms with Gasteiger partial charge in [-0.3, -0.25) is 0 Å². The molecule has 0 radical (unpaired) electrons. The van der Waals surface area contributed by atoms with Crippen molar-refractivity contribution < 1.29 is 18.3 Å². The van der Waals surface area contributed by atoms with Crippen molar-refractivity contribution in [3.63, 3.8) is 0 Å². The van der Waals surface area contributed by atoms with Gasteiger partial charge in [-0.2, -0.15) is 13.2 Å². The number of rotatable bonds is 0. The highest BCUT2D eigenvalue weighted by atomic mass is 19.4. The van der Waals surface area contributed by atoms with Crippen LogP contribution in [0.2, 0.25) is 0 Å². The molecule has 1 aromatic carbocycles. The van der Waals surface area contributed by atoms with Gasteiger partial charge in [0.25, 0.3) is 0 Å². The maximum absolute atomic E-state index is 12.7. The normalized spacial score (nSPS) is 20.1. The lowest BCUT2D eigenvalue weighted by molar-refractivity contribution is -0.137. The molecule has 2 heterocycles. The van der Waals surface area contributed by atoms with Crippen LogP contribution in [0.25, 0.3) is 10.9 Å². The maximum atomic E-state index is 12.7. The van der Waals surface area contributed by atoms with E-state index < -0.39 is 17.8 Å². The van der Waals surface area contributed by atoms with E-state index in [-0.39, 0.29) is 0 Å². The van der Waals surface area contributed by atoms with Crippen molar-refractivity contribution in [3.05, 3.63) is 35.5 Å². The van der Waals surface area contributed by atoms with E-state index in [9.17, 15) is 18.3 Å². The Morgan fingerprint density at radius 3 is 2.72 bits per heavy atom. The molecule has 18 heavy (non-hydrogen) atoms. The topological polar surface area (TPSA) is 25.2 Å². The summed E-state index contributed by atoms with van der Waals surface area (Å²) >= 11 is 0. The van der Waals surface area contributed by atoms with Crippen molar-refractivity contribution in [2.24, 2.45) is 0 Å². The molecule has 3 rings (SSSR count). The molecule has 1 unspecified atom stereocenters. The summed E-state index contributed by atoms with van der Waals surface area (Å²) in [5, 5.41) is 10.6. The summed E-state index contributed by atoms with van der Waals surface area (Å²) in [6, 6.07) is 5.49. The Morgan fingerprint density at radius 2 is 2.00 bits per heavy atom. The number of halogens is 3. The predicted octanol–water partition coefficient (Wildman–Crippen LogP) is 3.49. The molecule has 1 aliphatic heterocycles. The van der Waals surface area contributed by atoms with Crippen LogP contribution in [0, 0.1) is 0 Å². The maximum Gasteiger partial charge on any atom is 0.416 e. The summed E-state index contributed by atoms with van der Waals surface area (Å²) in [5.74, 6) is 0. The Labute approximate surface area is 102 Å². The zero-order valence-corrected chi connectivity index (χ0v) is 9.54. The first-order valence-electron chi connectivity index (χ1n) is 5.85. The fourth-order valence-electron chi connectivity index (χ4n) is 2.57. The molecule has 5 heteroatoms. The fourth-order valence-corrected chi connectivity index (χ4v) is 2.57. The summed E-state index contributed by atoms with van der Waals surface area (Å²) in [5.41, 5.74) is 0.630. The van der Waals surface area contributed by atoms with Crippen molar-refractivity contribution >= 4 is 10.9 Å². The van der Waals surface area contributed by atoms with E-state index >= 15 is 0 Å². The van der Waals surface area contributed by atoms with Gasteiger partial charge in [-0.1, -0.05) is 6.07 Å². The van der Waals surface area contributed by atoms with Crippen molar-refractivity contribution in [1.82, 2.24) is 4.57 Å². The highest BCUT2D eigenvalue weighted by Gasteiger charge is 2.31. The van der Waals surface area contributed by atoms with Crippen LogP contribution in [-0.4, -0.2) is 9.67 Å². The van der Waals surface area contributed by atoms with E-state index in [0.717, 1.165) is 29.6 Å². The molecule has 0 saturated heterocycles. The molecule has 2 aromatic rings. The van der Waals surface area contributed by atoms with Crippen LogP contribution < -0.4 is 0 Å². The second-order valence-corrected chi connectivity index (χ2v) is 4.65. The number of alkyl halides is 3.